The van der Waals surface area contributed by atoms with E-state index in [-0.39, 0.29) is 0 Å². The quantitative estimate of drug-likeness (QED) is 0.562. The van der Waals surface area contributed by atoms with Crippen LogP contribution in [0.4, 0.5) is 0 Å². The van der Waals surface area contributed by atoms with E-state index < -0.39 is 0 Å². The fraction of sp³-hybridized carbons (Fsp3) is 1.00. The molecule has 1 rings (SSSR count). The SMILES string of the molecule is CCNC1CCN(CCOCCOCCCC(C)C)CC1. The summed E-state index contributed by atoms with van der Waals surface area (Å²) in [6.45, 7) is 14.4. The third kappa shape index (κ3) is 10.2. The van der Waals surface area contributed by atoms with Gasteiger partial charge in [-0.2, -0.15) is 0 Å². The molecule has 1 aliphatic heterocycles. The van der Waals surface area contributed by atoms with Crippen molar-refractivity contribution in [1.82, 2.24) is 10.2 Å². The summed E-state index contributed by atoms with van der Waals surface area (Å²) in [7, 11) is 0. The largest absolute Gasteiger partial charge is 0.379 e. The van der Waals surface area contributed by atoms with Gasteiger partial charge in [-0.15, -0.1) is 0 Å². The number of piperidine rings is 1. The van der Waals surface area contributed by atoms with E-state index >= 15 is 0 Å². The predicted octanol–water partition coefficient (Wildman–Crippen LogP) is 2.53. The van der Waals surface area contributed by atoms with Crippen molar-refractivity contribution in [2.75, 3.05) is 52.6 Å². The molecular weight excluding hydrogens is 264 g/mol. The van der Waals surface area contributed by atoms with Crippen LogP contribution in [0.2, 0.25) is 0 Å². The summed E-state index contributed by atoms with van der Waals surface area (Å²) in [6, 6.07) is 0.728. The first kappa shape index (κ1) is 18.9. The molecule has 1 aliphatic rings. The second-order valence-corrected chi connectivity index (χ2v) is 6.43. The molecule has 1 N–H and O–H groups in total. The first-order valence-electron chi connectivity index (χ1n) is 8.83. The van der Waals surface area contributed by atoms with Crippen molar-refractivity contribution in [2.24, 2.45) is 5.92 Å². The number of rotatable bonds is 12. The maximum Gasteiger partial charge on any atom is 0.0701 e. The van der Waals surface area contributed by atoms with Crippen molar-refractivity contribution in [1.29, 1.82) is 0 Å². The second kappa shape index (κ2) is 12.4. The molecular formula is C17H36N2O2. The molecule has 0 radical (unpaired) electrons. The summed E-state index contributed by atoms with van der Waals surface area (Å²) in [5.41, 5.74) is 0. The highest BCUT2D eigenvalue weighted by molar-refractivity contribution is 4.76. The molecule has 4 heteroatoms. The minimum atomic E-state index is 0.728. The predicted molar refractivity (Wildman–Crippen MR) is 88.8 cm³/mol. The lowest BCUT2D eigenvalue weighted by atomic mass is 10.1. The first-order valence-corrected chi connectivity index (χ1v) is 8.83. The van der Waals surface area contributed by atoms with Gasteiger partial charge < -0.3 is 19.7 Å². The molecule has 0 saturated carbocycles. The Morgan fingerprint density at radius 3 is 2.33 bits per heavy atom. The van der Waals surface area contributed by atoms with Gasteiger partial charge >= 0.3 is 0 Å². The lowest BCUT2D eigenvalue weighted by molar-refractivity contribution is 0.0340. The van der Waals surface area contributed by atoms with E-state index in [0.29, 0.717) is 0 Å². The smallest absolute Gasteiger partial charge is 0.0701 e. The molecule has 1 heterocycles. The van der Waals surface area contributed by atoms with Gasteiger partial charge in [0, 0.05) is 19.2 Å². The van der Waals surface area contributed by atoms with E-state index in [0.717, 1.165) is 51.5 Å². The Bertz CT molecular complexity index is 229. The fourth-order valence-electron chi connectivity index (χ4n) is 2.76. The van der Waals surface area contributed by atoms with Crippen molar-refractivity contribution in [3.05, 3.63) is 0 Å². The Labute approximate surface area is 131 Å². The molecule has 126 valence electrons. The minimum Gasteiger partial charge on any atom is -0.379 e. The summed E-state index contributed by atoms with van der Waals surface area (Å²) in [4.78, 5) is 2.51. The normalized spacial score (nSPS) is 17.7. The van der Waals surface area contributed by atoms with Crippen LogP contribution in [0.1, 0.15) is 46.5 Å². The van der Waals surface area contributed by atoms with E-state index in [4.69, 9.17) is 9.47 Å². The van der Waals surface area contributed by atoms with Crippen LogP contribution in [0.3, 0.4) is 0 Å². The van der Waals surface area contributed by atoms with Gasteiger partial charge in [0.25, 0.3) is 0 Å². The molecule has 4 nitrogen and oxygen atoms in total. The third-order valence-electron chi connectivity index (χ3n) is 4.07. The monoisotopic (exact) mass is 300 g/mol. The van der Waals surface area contributed by atoms with Crippen molar-refractivity contribution in [2.45, 2.75) is 52.5 Å². The van der Waals surface area contributed by atoms with Crippen LogP contribution in [0.5, 0.6) is 0 Å². The van der Waals surface area contributed by atoms with E-state index in [1.807, 2.05) is 0 Å². The Morgan fingerprint density at radius 2 is 1.71 bits per heavy atom. The zero-order chi connectivity index (χ0) is 15.3. The molecule has 0 atom stereocenters. The van der Waals surface area contributed by atoms with E-state index in [1.54, 1.807) is 0 Å². The van der Waals surface area contributed by atoms with Gasteiger partial charge in [-0.3, -0.25) is 0 Å². The summed E-state index contributed by atoms with van der Waals surface area (Å²) in [5, 5.41) is 3.54. The molecule has 0 aromatic carbocycles. The molecule has 0 aromatic heterocycles. The van der Waals surface area contributed by atoms with Gasteiger partial charge in [-0.25, -0.2) is 0 Å². The van der Waals surface area contributed by atoms with E-state index in [9.17, 15) is 0 Å². The molecule has 0 unspecified atom stereocenters. The average Bonchev–Trinajstić information content (AvgIpc) is 2.47. The van der Waals surface area contributed by atoms with Crippen LogP contribution < -0.4 is 5.32 Å². The second-order valence-electron chi connectivity index (χ2n) is 6.43. The lowest BCUT2D eigenvalue weighted by Crippen LogP contribution is -2.43. The number of hydrogen-bond acceptors (Lipinski definition) is 4. The minimum absolute atomic E-state index is 0.728. The Balaban J connectivity index is 1.82. The van der Waals surface area contributed by atoms with Crippen LogP contribution in [0, 0.1) is 5.92 Å². The van der Waals surface area contributed by atoms with Crippen molar-refractivity contribution < 1.29 is 9.47 Å². The van der Waals surface area contributed by atoms with E-state index in [2.05, 4.69) is 31.0 Å². The molecule has 1 fully saturated rings. The highest BCUT2D eigenvalue weighted by Gasteiger charge is 2.17. The summed E-state index contributed by atoms with van der Waals surface area (Å²) >= 11 is 0. The van der Waals surface area contributed by atoms with Gasteiger partial charge in [-0.1, -0.05) is 20.8 Å². The highest BCUT2D eigenvalue weighted by Crippen LogP contribution is 2.09. The summed E-state index contributed by atoms with van der Waals surface area (Å²) < 4.78 is 11.2. The maximum atomic E-state index is 5.66. The van der Waals surface area contributed by atoms with Crippen molar-refractivity contribution >= 4 is 0 Å². The Morgan fingerprint density at radius 1 is 1.05 bits per heavy atom. The molecule has 0 aliphatic carbocycles. The fourth-order valence-corrected chi connectivity index (χ4v) is 2.76. The van der Waals surface area contributed by atoms with Crippen molar-refractivity contribution in [3.63, 3.8) is 0 Å². The van der Waals surface area contributed by atoms with Crippen LogP contribution in [0.25, 0.3) is 0 Å². The number of nitrogens with one attached hydrogen (secondary N) is 1. The van der Waals surface area contributed by atoms with Gasteiger partial charge in [-0.05, 0) is 51.2 Å². The summed E-state index contributed by atoms with van der Waals surface area (Å²) in [5.74, 6) is 0.779. The zero-order valence-electron chi connectivity index (χ0n) is 14.4. The Kier molecular flexibility index (Phi) is 11.1. The summed E-state index contributed by atoms with van der Waals surface area (Å²) in [6.07, 6.45) is 4.96. The van der Waals surface area contributed by atoms with Crippen LogP contribution in [0.15, 0.2) is 0 Å². The molecule has 21 heavy (non-hydrogen) atoms. The molecule has 0 bridgehead atoms. The number of nitrogens with zero attached hydrogens (tertiary/aromatic N) is 1. The van der Waals surface area contributed by atoms with Gasteiger partial charge in [0.1, 0.15) is 0 Å². The Hall–Kier alpha value is -0.160. The molecule has 0 amide bonds. The number of likely N-dealkylation sites (tertiary alicyclic amines) is 1. The molecule has 0 aromatic rings. The standard InChI is InChI=1S/C17H36N2O2/c1-4-18-17-7-9-19(10-8-17)11-13-21-15-14-20-12-5-6-16(2)3/h16-18H,4-15H2,1-3H3. The molecule has 1 saturated heterocycles. The number of hydrogen-bond donors (Lipinski definition) is 1. The van der Waals surface area contributed by atoms with Crippen molar-refractivity contribution in [3.8, 4) is 0 Å². The van der Waals surface area contributed by atoms with Crippen LogP contribution >= 0.6 is 0 Å². The zero-order valence-corrected chi connectivity index (χ0v) is 14.4. The maximum absolute atomic E-state index is 5.66. The van der Waals surface area contributed by atoms with Gasteiger partial charge in [0.2, 0.25) is 0 Å². The van der Waals surface area contributed by atoms with Gasteiger partial charge in [0.05, 0.1) is 19.8 Å². The van der Waals surface area contributed by atoms with E-state index in [1.165, 1.54) is 38.8 Å². The first-order chi connectivity index (χ1) is 10.2. The third-order valence-corrected chi connectivity index (χ3v) is 4.07. The van der Waals surface area contributed by atoms with Crippen LogP contribution in [-0.2, 0) is 9.47 Å². The van der Waals surface area contributed by atoms with Crippen LogP contribution in [-0.4, -0.2) is 63.5 Å². The average molecular weight is 300 g/mol. The molecule has 0 spiro atoms. The highest BCUT2D eigenvalue weighted by atomic mass is 16.5. The lowest BCUT2D eigenvalue weighted by Gasteiger charge is -2.32. The number of ether oxygens (including phenoxy) is 2. The topological polar surface area (TPSA) is 33.7 Å². The van der Waals surface area contributed by atoms with Gasteiger partial charge in [0.15, 0.2) is 0 Å².